The van der Waals surface area contributed by atoms with E-state index in [-0.39, 0.29) is 0 Å². The Morgan fingerprint density at radius 1 is 0.857 bits per heavy atom. The van der Waals surface area contributed by atoms with E-state index in [9.17, 15) is 0 Å². The first-order valence-corrected chi connectivity index (χ1v) is 6.77. The highest BCUT2D eigenvalue weighted by Crippen LogP contribution is 2.39. The van der Waals surface area contributed by atoms with Crippen LogP contribution >= 0.6 is 0 Å². The Labute approximate surface area is 125 Å². The highest BCUT2D eigenvalue weighted by molar-refractivity contribution is 5.62. The van der Waals surface area contributed by atoms with Crippen LogP contribution in [0.2, 0.25) is 0 Å². The molecular formula is C17H21NO3. The van der Waals surface area contributed by atoms with Crippen LogP contribution in [0.1, 0.15) is 11.1 Å². The quantitative estimate of drug-likeness (QED) is 0.880. The minimum atomic E-state index is 0.598. The molecule has 2 aromatic carbocycles. The van der Waals surface area contributed by atoms with E-state index < -0.39 is 0 Å². The van der Waals surface area contributed by atoms with Crippen LogP contribution in [0.4, 0.5) is 5.69 Å². The summed E-state index contributed by atoms with van der Waals surface area (Å²) in [5.41, 5.74) is 3.39. The van der Waals surface area contributed by atoms with Gasteiger partial charge in [0.25, 0.3) is 0 Å². The van der Waals surface area contributed by atoms with Gasteiger partial charge in [0.05, 0.1) is 21.3 Å². The van der Waals surface area contributed by atoms with Gasteiger partial charge in [-0.1, -0.05) is 29.8 Å². The summed E-state index contributed by atoms with van der Waals surface area (Å²) in [4.78, 5) is 0. The molecule has 0 atom stereocenters. The van der Waals surface area contributed by atoms with E-state index in [1.54, 1.807) is 21.3 Å². The molecule has 0 aromatic heterocycles. The number of methoxy groups -OCH3 is 3. The van der Waals surface area contributed by atoms with Crippen molar-refractivity contribution in [1.29, 1.82) is 0 Å². The summed E-state index contributed by atoms with van der Waals surface area (Å²) in [6.45, 7) is 2.81. The molecule has 0 aliphatic heterocycles. The first-order chi connectivity index (χ1) is 10.2. The molecule has 0 aliphatic rings. The zero-order valence-corrected chi connectivity index (χ0v) is 12.9. The van der Waals surface area contributed by atoms with Gasteiger partial charge in [0, 0.05) is 24.4 Å². The number of nitrogens with one attached hydrogen (secondary N) is 1. The van der Waals surface area contributed by atoms with E-state index in [1.165, 1.54) is 11.1 Å². The SMILES string of the molecule is COc1cc(NCc2ccc(C)cc2)cc(OC)c1OC. The van der Waals surface area contributed by atoms with Crippen molar-refractivity contribution in [1.82, 2.24) is 0 Å². The van der Waals surface area contributed by atoms with Crippen LogP contribution in [0.15, 0.2) is 36.4 Å². The van der Waals surface area contributed by atoms with Gasteiger partial charge < -0.3 is 19.5 Å². The summed E-state index contributed by atoms with van der Waals surface area (Å²) in [6.07, 6.45) is 0. The summed E-state index contributed by atoms with van der Waals surface area (Å²) >= 11 is 0. The normalized spacial score (nSPS) is 10.1. The maximum atomic E-state index is 5.34. The second-order valence-corrected chi connectivity index (χ2v) is 4.75. The number of anilines is 1. The van der Waals surface area contributed by atoms with Crippen molar-refractivity contribution in [3.05, 3.63) is 47.5 Å². The molecule has 0 spiro atoms. The van der Waals surface area contributed by atoms with Gasteiger partial charge in [0.2, 0.25) is 5.75 Å². The largest absolute Gasteiger partial charge is 0.493 e. The highest BCUT2D eigenvalue weighted by Gasteiger charge is 2.12. The Morgan fingerprint density at radius 3 is 1.90 bits per heavy atom. The van der Waals surface area contributed by atoms with Gasteiger partial charge in [0.1, 0.15) is 0 Å². The van der Waals surface area contributed by atoms with E-state index in [1.807, 2.05) is 12.1 Å². The molecule has 0 radical (unpaired) electrons. The predicted molar refractivity (Wildman–Crippen MR) is 84.6 cm³/mol. The fourth-order valence-electron chi connectivity index (χ4n) is 2.09. The number of ether oxygens (including phenoxy) is 3. The molecule has 2 aromatic rings. The second kappa shape index (κ2) is 6.88. The average Bonchev–Trinajstić information content (AvgIpc) is 2.53. The molecule has 21 heavy (non-hydrogen) atoms. The van der Waals surface area contributed by atoms with Crippen LogP contribution in [0.25, 0.3) is 0 Å². The van der Waals surface area contributed by atoms with Crippen LogP contribution in [-0.2, 0) is 6.54 Å². The maximum absolute atomic E-state index is 5.34. The van der Waals surface area contributed by atoms with Crippen LogP contribution in [-0.4, -0.2) is 21.3 Å². The molecule has 0 saturated carbocycles. The fourth-order valence-corrected chi connectivity index (χ4v) is 2.09. The lowest BCUT2D eigenvalue weighted by molar-refractivity contribution is 0.324. The minimum Gasteiger partial charge on any atom is -0.493 e. The lowest BCUT2D eigenvalue weighted by Crippen LogP contribution is -2.01. The molecular weight excluding hydrogens is 266 g/mol. The van der Waals surface area contributed by atoms with E-state index in [2.05, 4.69) is 36.5 Å². The van der Waals surface area contributed by atoms with Gasteiger partial charge in [-0.15, -0.1) is 0 Å². The monoisotopic (exact) mass is 287 g/mol. The summed E-state index contributed by atoms with van der Waals surface area (Å²) in [7, 11) is 4.82. The summed E-state index contributed by atoms with van der Waals surface area (Å²) in [5.74, 6) is 1.88. The molecule has 112 valence electrons. The second-order valence-electron chi connectivity index (χ2n) is 4.75. The van der Waals surface area contributed by atoms with Gasteiger partial charge in [-0.05, 0) is 12.5 Å². The van der Waals surface area contributed by atoms with Gasteiger partial charge in [-0.3, -0.25) is 0 Å². The Morgan fingerprint density at radius 2 is 1.43 bits per heavy atom. The predicted octanol–water partition coefficient (Wildman–Crippen LogP) is 3.63. The van der Waals surface area contributed by atoms with Crippen LogP contribution in [0.5, 0.6) is 17.2 Å². The van der Waals surface area contributed by atoms with Crippen molar-refractivity contribution in [2.24, 2.45) is 0 Å². The number of benzene rings is 2. The zero-order valence-electron chi connectivity index (χ0n) is 12.9. The number of hydrogen-bond donors (Lipinski definition) is 1. The Hall–Kier alpha value is -2.36. The number of rotatable bonds is 6. The van der Waals surface area contributed by atoms with Crippen molar-refractivity contribution in [3.8, 4) is 17.2 Å². The van der Waals surface area contributed by atoms with Crippen LogP contribution < -0.4 is 19.5 Å². The van der Waals surface area contributed by atoms with E-state index >= 15 is 0 Å². The van der Waals surface area contributed by atoms with Crippen molar-refractivity contribution < 1.29 is 14.2 Å². The third-order valence-corrected chi connectivity index (χ3v) is 3.28. The molecule has 0 bridgehead atoms. The molecule has 4 nitrogen and oxygen atoms in total. The summed E-state index contributed by atoms with van der Waals surface area (Å²) < 4.78 is 16.0. The molecule has 0 unspecified atom stereocenters. The van der Waals surface area contributed by atoms with Crippen molar-refractivity contribution in [3.63, 3.8) is 0 Å². The third-order valence-electron chi connectivity index (χ3n) is 3.28. The molecule has 2 rings (SSSR count). The molecule has 0 aliphatic carbocycles. The zero-order chi connectivity index (χ0) is 15.2. The molecule has 0 saturated heterocycles. The lowest BCUT2D eigenvalue weighted by atomic mass is 10.1. The van der Waals surface area contributed by atoms with Crippen molar-refractivity contribution in [2.75, 3.05) is 26.6 Å². The maximum Gasteiger partial charge on any atom is 0.203 e. The Kier molecular flexibility index (Phi) is 4.93. The van der Waals surface area contributed by atoms with Crippen molar-refractivity contribution in [2.45, 2.75) is 13.5 Å². The standard InChI is InChI=1S/C17H21NO3/c1-12-5-7-13(8-6-12)11-18-14-9-15(19-2)17(21-4)16(10-14)20-3/h5-10,18H,11H2,1-4H3. The molecule has 0 heterocycles. The number of hydrogen-bond acceptors (Lipinski definition) is 4. The van der Waals surface area contributed by atoms with E-state index in [0.29, 0.717) is 17.2 Å². The first kappa shape index (κ1) is 15.0. The lowest BCUT2D eigenvalue weighted by Gasteiger charge is -2.15. The smallest absolute Gasteiger partial charge is 0.203 e. The van der Waals surface area contributed by atoms with Gasteiger partial charge in [-0.25, -0.2) is 0 Å². The Balaban J connectivity index is 2.18. The first-order valence-electron chi connectivity index (χ1n) is 6.77. The van der Waals surface area contributed by atoms with E-state index in [4.69, 9.17) is 14.2 Å². The highest BCUT2D eigenvalue weighted by atomic mass is 16.5. The van der Waals surface area contributed by atoms with Gasteiger partial charge in [0.15, 0.2) is 11.5 Å². The molecule has 0 amide bonds. The number of aryl methyl sites for hydroxylation is 1. The van der Waals surface area contributed by atoms with Crippen molar-refractivity contribution >= 4 is 5.69 Å². The fraction of sp³-hybridized carbons (Fsp3) is 0.294. The molecule has 0 fully saturated rings. The van der Waals surface area contributed by atoms with Gasteiger partial charge in [-0.2, -0.15) is 0 Å². The minimum absolute atomic E-state index is 0.598. The van der Waals surface area contributed by atoms with Gasteiger partial charge >= 0.3 is 0 Å². The molecule has 4 heteroatoms. The van der Waals surface area contributed by atoms with E-state index in [0.717, 1.165) is 12.2 Å². The topological polar surface area (TPSA) is 39.7 Å². The summed E-state index contributed by atoms with van der Waals surface area (Å²) in [6, 6.07) is 12.2. The Bertz CT molecular complexity index is 568. The van der Waals surface area contributed by atoms with Crippen LogP contribution in [0.3, 0.4) is 0 Å². The third kappa shape index (κ3) is 3.60. The van der Waals surface area contributed by atoms with Crippen LogP contribution in [0, 0.1) is 6.92 Å². The molecule has 1 N–H and O–H groups in total. The summed E-state index contributed by atoms with van der Waals surface area (Å²) in [5, 5.41) is 3.37. The average molecular weight is 287 g/mol.